The lowest BCUT2D eigenvalue weighted by Gasteiger charge is -2.12. The van der Waals surface area contributed by atoms with Crippen LogP contribution in [0.4, 0.5) is 10.1 Å². The molecule has 0 bridgehead atoms. The quantitative estimate of drug-likeness (QED) is 0.838. The van der Waals surface area contributed by atoms with E-state index in [1.165, 1.54) is 6.07 Å². The van der Waals surface area contributed by atoms with Crippen molar-refractivity contribution in [2.24, 2.45) is 0 Å². The molecular formula is C10H13BrFN. The highest BCUT2D eigenvalue weighted by Crippen LogP contribution is 2.24. The Balaban J connectivity index is 3.01. The fourth-order valence-corrected chi connectivity index (χ4v) is 1.39. The second kappa shape index (κ2) is 4.09. The van der Waals surface area contributed by atoms with E-state index in [0.717, 1.165) is 10.0 Å². The Hall–Kier alpha value is -0.570. The number of halogens is 2. The molecular weight excluding hydrogens is 233 g/mol. The zero-order chi connectivity index (χ0) is 10.0. The molecule has 0 radical (unpaired) electrons. The molecule has 72 valence electrons. The van der Waals surface area contributed by atoms with Crippen LogP contribution < -0.4 is 5.32 Å². The zero-order valence-electron chi connectivity index (χ0n) is 7.99. The summed E-state index contributed by atoms with van der Waals surface area (Å²) in [5.74, 6) is -0.217. The lowest BCUT2D eigenvalue weighted by Crippen LogP contribution is -2.11. The largest absolute Gasteiger partial charge is 0.380 e. The minimum atomic E-state index is -0.217. The molecule has 0 atom stereocenters. The van der Waals surface area contributed by atoms with Gasteiger partial charge < -0.3 is 5.32 Å². The Kier molecular flexibility index (Phi) is 3.31. The van der Waals surface area contributed by atoms with Crippen molar-refractivity contribution in [3.8, 4) is 0 Å². The van der Waals surface area contributed by atoms with Crippen molar-refractivity contribution in [2.75, 3.05) is 5.32 Å². The van der Waals surface area contributed by atoms with E-state index in [4.69, 9.17) is 0 Å². The minimum Gasteiger partial charge on any atom is -0.380 e. The van der Waals surface area contributed by atoms with Crippen molar-refractivity contribution >= 4 is 21.6 Å². The Labute approximate surface area is 86.5 Å². The molecule has 13 heavy (non-hydrogen) atoms. The summed E-state index contributed by atoms with van der Waals surface area (Å²) in [4.78, 5) is 0. The van der Waals surface area contributed by atoms with Crippen LogP contribution in [0.2, 0.25) is 0 Å². The van der Waals surface area contributed by atoms with Gasteiger partial charge in [-0.25, -0.2) is 4.39 Å². The summed E-state index contributed by atoms with van der Waals surface area (Å²) in [5.41, 5.74) is 1.60. The molecule has 0 aromatic heterocycles. The van der Waals surface area contributed by atoms with Crippen LogP contribution in [-0.2, 0) is 0 Å². The van der Waals surface area contributed by atoms with Crippen LogP contribution in [0.15, 0.2) is 16.6 Å². The maximum Gasteiger partial charge on any atom is 0.147 e. The number of anilines is 1. The van der Waals surface area contributed by atoms with Gasteiger partial charge in [-0.1, -0.05) is 15.9 Å². The summed E-state index contributed by atoms with van der Waals surface area (Å²) in [6.45, 7) is 5.91. The summed E-state index contributed by atoms with van der Waals surface area (Å²) >= 11 is 3.28. The van der Waals surface area contributed by atoms with Gasteiger partial charge in [-0.05, 0) is 38.5 Å². The Morgan fingerprint density at radius 3 is 2.54 bits per heavy atom. The lowest BCUT2D eigenvalue weighted by molar-refractivity contribution is 0.626. The van der Waals surface area contributed by atoms with Crippen molar-refractivity contribution in [2.45, 2.75) is 26.8 Å². The van der Waals surface area contributed by atoms with Gasteiger partial charge in [0.05, 0.1) is 5.69 Å². The summed E-state index contributed by atoms with van der Waals surface area (Å²) < 4.78 is 14.1. The minimum absolute atomic E-state index is 0.217. The summed E-state index contributed by atoms with van der Waals surface area (Å²) in [6.07, 6.45) is 0. The molecule has 1 aromatic carbocycles. The highest BCUT2D eigenvalue weighted by atomic mass is 79.9. The SMILES string of the molecule is Cc1cc(NC(C)C)c(F)cc1Br. The van der Waals surface area contributed by atoms with Crippen molar-refractivity contribution in [3.05, 3.63) is 28.0 Å². The molecule has 0 saturated carbocycles. The second-order valence-electron chi connectivity index (χ2n) is 3.38. The molecule has 1 rings (SSSR count). The van der Waals surface area contributed by atoms with E-state index in [1.807, 2.05) is 20.8 Å². The van der Waals surface area contributed by atoms with Gasteiger partial charge in [-0.2, -0.15) is 0 Å². The van der Waals surface area contributed by atoms with Gasteiger partial charge in [-0.15, -0.1) is 0 Å². The van der Waals surface area contributed by atoms with Crippen molar-refractivity contribution in [3.63, 3.8) is 0 Å². The van der Waals surface area contributed by atoms with Gasteiger partial charge in [0, 0.05) is 10.5 Å². The molecule has 1 aromatic rings. The van der Waals surface area contributed by atoms with Crippen LogP contribution in [0.5, 0.6) is 0 Å². The summed E-state index contributed by atoms with van der Waals surface area (Å²) in [6, 6.07) is 3.54. The number of hydrogen-bond acceptors (Lipinski definition) is 1. The van der Waals surface area contributed by atoms with E-state index in [2.05, 4.69) is 21.2 Å². The molecule has 0 amide bonds. The first-order valence-electron chi connectivity index (χ1n) is 4.23. The standard InChI is InChI=1S/C10H13BrFN/c1-6(2)13-10-4-7(3)8(11)5-9(10)12/h4-6,13H,1-3H3. The Morgan fingerprint density at radius 2 is 2.00 bits per heavy atom. The van der Waals surface area contributed by atoms with Crippen molar-refractivity contribution in [1.29, 1.82) is 0 Å². The predicted molar refractivity (Wildman–Crippen MR) is 57.6 cm³/mol. The monoisotopic (exact) mass is 245 g/mol. The van der Waals surface area contributed by atoms with E-state index >= 15 is 0 Å². The molecule has 0 fully saturated rings. The third-order valence-electron chi connectivity index (χ3n) is 1.69. The molecule has 0 saturated heterocycles. The van der Waals surface area contributed by atoms with E-state index in [0.29, 0.717) is 5.69 Å². The highest BCUT2D eigenvalue weighted by Gasteiger charge is 2.05. The lowest BCUT2D eigenvalue weighted by atomic mass is 10.2. The van der Waals surface area contributed by atoms with Crippen LogP contribution in [0, 0.1) is 12.7 Å². The van der Waals surface area contributed by atoms with Gasteiger partial charge in [0.1, 0.15) is 5.82 Å². The number of benzene rings is 1. The maximum atomic E-state index is 13.3. The fraction of sp³-hybridized carbons (Fsp3) is 0.400. The Bertz CT molecular complexity index is 310. The number of hydrogen-bond donors (Lipinski definition) is 1. The summed E-state index contributed by atoms with van der Waals surface area (Å²) in [7, 11) is 0. The first-order chi connectivity index (χ1) is 6.00. The van der Waals surface area contributed by atoms with Crippen LogP contribution >= 0.6 is 15.9 Å². The first kappa shape index (κ1) is 10.5. The maximum absolute atomic E-state index is 13.3. The van der Waals surface area contributed by atoms with Gasteiger partial charge in [0.15, 0.2) is 0 Å². The average Bonchev–Trinajstić information content (AvgIpc) is 1.99. The topological polar surface area (TPSA) is 12.0 Å². The van der Waals surface area contributed by atoms with E-state index in [1.54, 1.807) is 6.07 Å². The van der Waals surface area contributed by atoms with Gasteiger partial charge in [-0.3, -0.25) is 0 Å². The van der Waals surface area contributed by atoms with Crippen LogP contribution in [-0.4, -0.2) is 6.04 Å². The molecule has 0 aliphatic heterocycles. The average molecular weight is 246 g/mol. The predicted octanol–water partition coefficient (Wildman–Crippen LogP) is 3.72. The molecule has 0 heterocycles. The molecule has 0 unspecified atom stereocenters. The van der Waals surface area contributed by atoms with Crippen LogP contribution in [0.1, 0.15) is 19.4 Å². The molecule has 1 N–H and O–H groups in total. The smallest absolute Gasteiger partial charge is 0.147 e. The highest BCUT2D eigenvalue weighted by molar-refractivity contribution is 9.10. The van der Waals surface area contributed by atoms with Crippen LogP contribution in [0.25, 0.3) is 0 Å². The van der Waals surface area contributed by atoms with E-state index in [-0.39, 0.29) is 11.9 Å². The second-order valence-corrected chi connectivity index (χ2v) is 4.23. The third-order valence-corrected chi connectivity index (χ3v) is 2.55. The molecule has 3 heteroatoms. The van der Waals surface area contributed by atoms with Gasteiger partial charge in [0.25, 0.3) is 0 Å². The molecule has 0 spiro atoms. The number of rotatable bonds is 2. The number of aryl methyl sites for hydroxylation is 1. The normalized spacial score (nSPS) is 10.6. The molecule has 1 nitrogen and oxygen atoms in total. The van der Waals surface area contributed by atoms with Crippen molar-refractivity contribution in [1.82, 2.24) is 0 Å². The molecule has 0 aliphatic rings. The fourth-order valence-electron chi connectivity index (χ4n) is 1.08. The summed E-state index contributed by atoms with van der Waals surface area (Å²) in [5, 5.41) is 3.05. The van der Waals surface area contributed by atoms with Gasteiger partial charge >= 0.3 is 0 Å². The van der Waals surface area contributed by atoms with Crippen LogP contribution in [0.3, 0.4) is 0 Å². The third kappa shape index (κ3) is 2.69. The van der Waals surface area contributed by atoms with Crippen molar-refractivity contribution < 1.29 is 4.39 Å². The Morgan fingerprint density at radius 1 is 1.38 bits per heavy atom. The van der Waals surface area contributed by atoms with E-state index in [9.17, 15) is 4.39 Å². The zero-order valence-corrected chi connectivity index (χ0v) is 9.57. The van der Waals surface area contributed by atoms with Gasteiger partial charge in [0.2, 0.25) is 0 Å². The van der Waals surface area contributed by atoms with E-state index < -0.39 is 0 Å². The number of nitrogens with one attached hydrogen (secondary N) is 1. The molecule has 0 aliphatic carbocycles. The first-order valence-corrected chi connectivity index (χ1v) is 5.02.